The number of fused-ring (bicyclic) bond motifs is 1. The van der Waals surface area contributed by atoms with Crippen molar-refractivity contribution in [3.8, 4) is 0 Å². The van der Waals surface area contributed by atoms with E-state index in [4.69, 9.17) is 4.74 Å². The predicted octanol–water partition coefficient (Wildman–Crippen LogP) is 2.34. The zero-order valence-electron chi connectivity index (χ0n) is 19.6. The van der Waals surface area contributed by atoms with Crippen molar-refractivity contribution in [1.82, 2.24) is 4.31 Å². The Kier molecular flexibility index (Phi) is 6.80. The van der Waals surface area contributed by atoms with Crippen LogP contribution >= 0.6 is 0 Å². The maximum absolute atomic E-state index is 13.3. The number of benzene rings is 2. The molecule has 0 aromatic heterocycles. The summed E-state index contributed by atoms with van der Waals surface area (Å²) >= 11 is 0. The Morgan fingerprint density at radius 2 is 1.85 bits per heavy atom. The lowest BCUT2D eigenvalue weighted by Gasteiger charge is -2.35. The van der Waals surface area contributed by atoms with Crippen molar-refractivity contribution in [3.63, 3.8) is 0 Å². The minimum atomic E-state index is -4.04. The van der Waals surface area contributed by atoms with Crippen molar-refractivity contribution < 1.29 is 27.9 Å². The summed E-state index contributed by atoms with van der Waals surface area (Å²) in [5.41, 5.74) is 3.62. The van der Waals surface area contributed by atoms with Crippen LogP contribution in [0.3, 0.4) is 0 Å². The van der Waals surface area contributed by atoms with Gasteiger partial charge in [-0.1, -0.05) is 24.3 Å². The molecule has 2 aliphatic rings. The number of sulfonamides is 1. The van der Waals surface area contributed by atoms with Crippen LogP contribution in [0, 0.1) is 13.8 Å². The fourth-order valence-corrected chi connectivity index (χ4v) is 6.35. The first-order chi connectivity index (χ1) is 16.1. The van der Waals surface area contributed by atoms with E-state index in [2.05, 4.69) is 0 Å². The molecule has 182 valence electrons. The molecular formula is C25H30N2O6S. The van der Waals surface area contributed by atoms with Gasteiger partial charge >= 0.3 is 5.97 Å². The molecule has 9 heteroatoms. The van der Waals surface area contributed by atoms with Gasteiger partial charge in [-0.05, 0) is 68.5 Å². The number of aliphatic hydroxyl groups excluding tert-OH is 1. The summed E-state index contributed by atoms with van der Waals surface area (Å²) in [6, 6.07) is 11.1. The number of amides is 1. The molecule has 1 amide bonds. The first-order valence-electron chi connectivity index (χ1n) is 11.4. The van der Waals surface area contributed by atoms with E-state index in [9.17, 15) is 23.1 Å². The summed E-state index contributed by atoms with van der Waals surface area (Å²) in [5.74, 6) is -1.20. The topological polar surface area (TPSA) is 104 Å². The lowest BCUT2D eigenvalue weighted by atomic mass is 9.96. The third kappa shape index (κ3) is 4.60. The fourth-order valence-electron chi connectivity index (χ4n) is 4.64. The van der Waals surface area contributed by atoms with Crippen LogP contribution in [0.2, 0.25) is 0 Å². The first kappa shape index (κ1) is 24.4. The third-order valence-corrected chi connectivity index (χ3v) is 8.59. The molecular weight excluding hydrogens is 456 g/mol. The molecule has 0 radical (unpaired) electrons. The number of hydrogen-bond acceptors (Lipinski definition) is 6. The molecule has 2 aromatic carbocycles. The van der Waals surface area contributed by atoms with Gasteiger partial charge in [-0.2, -0.15) is 4.31 Å². The van der Waals surface area contributed by atoms with Crippen molar-refractivity contribution >= 4 is 27.6 Å². The molecule has 8 nitrogen and oxygen atoms in total. The van der Waals surface area contributed by atoms with E-state index in [0.29, 0.717) is 0 Å². The SMILES string of the molecule is Cc1ccc(S(=O)(=O)N2C[C@H](O)C[C@H]2C(=O)OCC(=O)N2c3ccccc3CC[C@@H]2C)cc1C. The quantitative estimate of drug-likeness (QED) is 0.651. The van der Waals surface area contributed by atoms with E-state index in [1.54, 1.807) is 17.0 Å². The largest absolute Gasteiger partial charge is 0.454 e. The van der Waals surface area contributed by atoms with E-state index in [1.807, 2.05) is 45.0 Å². The second kappa shape index (κ2) is 9.48. The van der Waals surface area contributed by atoms with E-state index < -0.39 is 34.7 Å². The zero-order valence-corrected chi connectivity index (χ0v) is 20.4. The lowest BCUT2D eigenvalue weighted by Crippen LogP contribution is -2.46. The molecule has 1 fully saturated rings. The minimum Gasteiger partial charge on any atom is -0.454 e. The summed E-state index contributed by atoms with van der Waals surface area (Å²) in [5, 5.41) is 10.2. The van der Waals surface area contributed by atoms with Gasteiger partial charge in [0.15, 0.2) is 6.61 Å². The molecule has 0 unspecified atom stereocenters. The first-order valence-corrected chi connectivity index (χ1v) is 12.9. The third-order valence-electron chi connectivity index (χ3n) is 6.72. The Labute approximate surface area is 200 Å². The van der Waals surface area contributed by atoms with Gasteiger partial charge < -0.3 is 14.7 Å². The highest BCUT2D eigenvalue weighted by atomic mass is 32.2. The Morgan fingerprint density at radius 3 is 2.59 bits per heavy atom. The van der Waals surface area contributed by atoms with Gasteiger partial charge in [0.25, 0.3) is 5.91 Å². The van der Waals surface area contributed by atoms with Crippen LogP contribution in [0.15, 0.2) is 47.4 Å². The number of carbonyl (C=O) groups is 2. The summed E-state index contributed by atoms with van der Waals surface area (Å²) in [7, 11) is -4.04. The number of anilines is 1. The maximum Gasteiger partial charge on any atom is 0.325 e. The highest BCUT2D eigenvalue weighted by Gasteiger charge is 2.44. The number of β-amino-alcohol motifs (C(OH)–C–C–N with tert-alkyl or cyclic N) is 1. The lowest BCUT2D eigenvalue weighted by molar-refractivity contribution is -0.151. The number of aliphatic hydroxyl groups is 1. The van der Waals surface area contributed by atoms with E-state index in [0.717, 1.165) is 39.5 Å². The molecule has 4 rings (SSSR count). The number of rotatable bonds is 5. The van der Waals surface area contributed by atoms with Crippen LogP contribution in [-0.4, -0.2) is 61.0 Å². The van der Waals surface area contributed by atoms with E-state index in [1.165, 1.54) is 6.07 Å². The van der Waals surface area contributed by atoms with E-state index >= 15 is 0 Å². The number of para-hydroxylation sites is 1. The standard InChI is InChI=1S/C25H30N2O6S/c1-16-8-11-21(12-17(16)2)34(31,32)26-14-20(28)13-23(26)25(30)33-15-24(29)27-18(3)9-10-19-6-4-5-7-22(19)27/h4-8,11-12,18,20,23,28H,9-10,13-15H2,1-3H3/t18-,20+,23-/m0/s1. The van der Waals surface area contributed by atoms with Crippen molar-refractivity contribution in [3.05, 3.63) is 59.2 Å². The Hall–Kier alpha value is -2.75. The van der Waals surface area contributed by atoms with Gasteiger partial charge in [-0.3, -0.25) is 9.59 Å². The summed E-state index contributed by atoms with van der Waals surface area (Å²) in [4.78, 5) is 27.6. The molecule has 34 heavy (non-hydrogen) atoms. The highest BCUT2D eigenvalue weighted by Crippen LogP contribution is 2.31. The summed E-state index contributed by atoms with van der Waals surface area (Å²) in [6.07, 6.45) is 0.586. The van der Waals surface area contributed by atoms with E-state index in [-0.39, 0.29) is 29.8 Å². The molecule has 0 spiro atoms. The van der Waals surface area contributed by atoms with Crippen LogP contribution < -0.4 is 4.90 Å². The maximum atomic E-state index is 13.3. The molecule has 0 saturated carbocycles. The summed E-state index contributed by atoms with van der Waals surface area (Å²) in [6.45, 7) is 4.93. The number of ether oxygens (including phenoxy) is 1. The van der Waals surface area contributed by atoms with Crippen molar-refractivity contribution in [2.75, 3.05) is 18.1 Å². The van der Waals surface area contributed by atoms with Gasteiger partial charge in [0, 0.05) is 24.7 Å². The molecule has 2 aromatic rings. The molecule has 2 aliphatic heterocycles. The van der Waals surface area contributed by atoms with Crippen molar-refractivity contribution in [2.45, 2.75) is 63.1 Å². The average Bonchev–Trinajstić information content (AvgIpc) is 3.21. The fraction of sp³-hybridized carbons (Fsp3) is 0.440. The number of esters is 1. The van der Waals surface area contributed by atoms with Crippen molar-refractivity contribution in [2.24, 2.45) is 0 Å². The smallest absolute Gasteiger partial charge is 0.325 e. The minimum absolute atomic E-state index is 0.0453. The number of aryl methyl sites for hydroxylation is 3. The van der Waals surface area contributed by atoms with Crippen LogP contribution in [0.5, 0.6) is 0 Å². The normalized spacial score (nSPS) is 22.9. The Morgan fingerprint density at radius 1 is 1.12 bits per heavy atom. The van der Waals surface area contributed by atoms with Crippen LogP contribution in [-0.2, 0) is 30.8 Å². The molecule has 0 bridgehead atoms. The second-order valence-electron chi connectivity index (χ2n) is 9.11. The number of carbonyl (C=O) groups excluding carboxylic acids is 2. The predicted molar refractivity (Wildman–Crippen MR) is 127 cm³/mol. The molecule has 0 aliphatic carbocycles. The molecule has 2 heterocycles. The van der Waals surface area contributed by atoms with Gasteiger partial charge in [-0.25, -0.2) is 8.42 Å². The van der Waals surface area contributed by atoms with Gasteiger partial charge in [-0.15, -0.1) is 0 Å². The van der Waals surface area contributed by atoms with Crippen LogP contribution in [0.4, 0.5) is 5.69 Å². The number of hydrogen-bond donors (Lipinski definition) is 1. The average molecular weight is 487 g/mol. The van der Waals surface area contributed by atoms with Gasteiger partial charge in [0.1, 0.15) is 6.04 Å². The van der Waals surface area contributed by atoms with Gasteiger partial charge in [0.2, 0.25) is 10.0 Å². The zero-order chi connectivity index (χ0) is 24.6. The second-order valence-corrected chi connectivity index (χ2v) is 11.0. The molecule has 3 atom stereocenters. The van der Waals surface area contributed by atoms with Crippen LogP contribution in [0.25, 0.3) is 0 Å². The van der Waals surface area contributed by atoms with Crippen LogP contribution in [0.1, 0.15) is 36.5 Å². The molecule has 1 N–H and O–H groups in total. The molecule has 1 saturated heterocycles. The Balaban J connectivity index is 1.49. The highest BCUT2D eigenvalue weighted by molar-refractivity contribution is 7.89. The monoisotopic (exact) mass is 486 g/mol. The number of nitrogens with zero attached hydrogens (tertiary/aromatic N) is 2. The Bertz CT molecular complexity index is 1210. The summed E-state index contributed by atoms with van der Waals surface area (Å²) < 4.78 is 32.8. The van der Waals surface area contributed by atoms with Crippen molar-refractivity contribution in [1.29, 1.82) is 0 Å². The van der Waals surface area contributed by atoms with Gasteiger partial charge in [0.05, 0.1) is 11.0 Å².